The first-order chi connectivity index (χ1) is 12.7. The summed E-state index contributed by atoms with van der Waals surface area (Å²) in [4.78, 5) is 11.6. The molecule has 0 radical (unpaired) electrons. The molecule has 1 aliphatic rings. The van der Waals surface area contributed by atoms with Crippen molar-refractivity contribution in [2.75, 3.05) is 13.2 Å². The van der Waals surface area contributed by atoms with E-state index in [1.165, 1.54) is 50.5 Å². The Bertz CT molecular complexity index is 529. The predicted molar refractivity (Wildman–Crippen MR) is 109 cm³/mol. The van der Waals surface area contributed by atoms with Gasteiger partial charge in [-0.2, -0.15) is 0 Å². The number of rotatable bonds is 14. The molecule has 146 valence electrons. The smallest absolute Gasteiger partial charge is 0.219 e. The number of hydrogen-bond donors (Lipinski definition) is 1. The van der Waals surface area contributed by atoms with Gasteiger partial charge >= 0.3 is 0 Å². The van der Waals surface area contributed by atoms with Gasteiger partial charge in [0.1, 0.15) is 5.75 Å². The maximum absolute atomic E-state index is 11.6. The Morgan fingerprint density at radius 2 is 1.85 bits per heavy atom. The van der Waals surface area contributed by atoms with Gasteiger partial charge < -0.3 is 10.1 Å². The van der Waals surface area contributed by atoms with Crippen LogP contribution in [0.3, 0.4) is 0 Å². The lowest BCUT2D eigenvalue weighted by Gasteiger charge is -2.09. The zero-order chi connectivity index (χ0) is 18.6. The largest absolute Gasteiger partial charge is 0.494 e. The van der Waals surface area contributed by atoms with Crippen LogP contribution in [-0.4, -0.2) is 19.1 Å². The first-order valence-corrected chi connectivity index (χ1v) is 10.7. The summed E-state index contributed by atoms with van der Waals surface area (Å²) in [5, 5.41) is 3.06. The van der Waals surface area contributed by atoms with Crippen LogP contribution >= 0.6 is 0 Å². The maximum Gasteiger partial charge on any atom is 0.219 e. The summed E-state index contributed by atoms with van der Waals surface area (Å²) in [5.41, 5.74) is 1.36. The van der Waals surface area contributed by atoms with Gasteiger partial charge in [0.15, 0.2) is 0 Å². The van der Waals surface area contributed by atoms with Crippen molar-refractivity contribution in [2.45, 2.75) is 84.0 Å². The lowest BCUT2D eigenvalue weighted by atomic mass is 10.1. The number of carbonyl (C=O) groups excluding carboxylic acids is 1. The fourth-order valence-corrected chi connectivity index (χ4v) is 3.53. The summed E-state index contributed by atoms with van der Waals surface area (Å²) in [6, 6.07) is 8.55. The summed E-state index contributed by atoms with van der Waals surface area (Å²) in [5.74, 6) is 2.35. The first-order valence-electron chi connectivity index (χ1n) is 10.7. The molecular formula is C23H37NO2. The minimum Gasteiger partial charge on any atom is -0.494 e. The quantitative estimate of drug-likeness (QED) is 0.424. The second kappa shape index (κ2) is 12.0. The van der Waals surface area contributed by atoms with Crippen molar-refractivity contribution < 1.29 is 9.53 Å². The van der Waals surface area contributed by atoms with Gasteiger partial charge in [0.2, 0.25) is 5.91 Å². The Balaban J connectivity index is 1.62. The van der Waals surface area contributed by atoms with E-state index < -0.39 is 0 Å². The molecule has 3 nitrogen and oxygen atoms in total. The minimum atomic E-state index is 0.185. The second-order valence-corrected chi connectivity index (χ2v) is 7.70. The molecule has 1 amide bonds. The molecule has 1 fully saturated rings. The topological polar surface area (TPSA) is 38.3 Å². The molecule has 2 rings (SSSR count). The average molecular weight is 360 g/mol. The van der Waals surface area contributed by atoms with E-state index in [-0.39, 0.29) is 5.91 Å². The SMILES string of the molecule is CCCCCCCCCOc1cccc(C2CC2CNC(=O)CCC)c1. The van der Waals surface area contributed by atoms with Crippen LogP contribution in [0.4, 0.5) is 0 Å². The van der Waals surface area contributed by atoms with Crippen LogP contribution in [-0.2, 0) is 4.79 Å². The molecule has 0 spiro atoms. The van der Waals surface area contributed by atoms with Gasteiger partial charge in [-0.25, -0.2) is 0 Å². The van der Waals surface area contributed by atoms with Crippen LogP contribution in [0.5, 0.6) is 5.75 Å². The second-order valence-electron chi connectivity index (χ2n) is 7.70. The molecule has 1 aliphatic carbocycles. The van der Waals surface area contributed by atoms with Crippen molar-refractivity contribution in [1.29, 1.82) is 0 Å². The Kier molecular flexibility index (Phi) is 9.58. The predicted octanol–water partition coefficient (Wildman–Crippen LogP) is 5.84. The van der Waals surface area contributed by atoms with Crippen molar-refractivity contribution in [3.05, 3.63) is 29.8 Å². The van der Waals surface area contributed by atoms with E-state index in [0.717, 1.165) is 31.7 Å². The third-order valence-corrected chi connectivity index (χ3v) is 5.26. The van der Waals surface area contributed by atoms with Crippen molar-refractivity contribution in [2.24, 2.45) is 5.92 Å². The minimum absolute atomic E-state index is 0.185. The molecule has 0 aromatic heterocycles. The van der Waals surface area contributed by atoms with Gasteiger partial charge in [-0.15, -0.1) is 0 Å². The van der Waals surface area contributed by atoms with Gasteiger partial charge in [-0.1, -0.05) is 64.5 Å². The van der Waals surface area contributed by atoms with Crippen molar-refractivity contribution >= 4 is 5.91 Å². The van der Waals surface area contributed by atoms with Crippen LogP contribution in [0.25, 0.3) is 0 Å². The Morgan fingerprint density at radius 1 is 1.08 bits per heavy atom. The summed E-state index contributed by atoms with van der Waals surface area (Å²) in [6.45, 7) is 5.93. The number of unbranched alkanes of at least 4 members (excludes halogenated alkanes) is 6. The van der Waals surface area contributed by atoms with Gasteiger partial charge in [-0.3, -0.25) is 4.79 Å². The van der Waals surface area contributed by atoms with E-state index in [9.17, 15) is 4.79 Å². The number of ether oxygens (including phenoxy) is 1. The maximum atomic E-state index is 11.6. The molecule has 0 aliphatic heterocycles. The summed E-state index contributed by atoms with van der Waals surface area (Å²) in [7, 11) is 0. The van der Waals surface area contributed by atoms with Crippen molar-refractivity contribution in [3.8, 4) is 5.75 Å². The Labute approximate surface area is 159 Å². The molecule has 0 heterocycles. The molecule has 0 saturated heterocycles. The molecule has 2 unspecified atom stereocenters. The standard InChI is InChI=1S/C23H37NO2/c1-3-5-6-7-8-9-10-15-26-21-14-11-13-19(16-21)22-17-20(22)18-24-23(25)12-4-2/h11,13-14,16,20,22H,3-10,12,15,17-18H2,1-2H3,(H,24,25). The average Bonchev–Trinajstić information content (AvgIpc) is 3.43. The highest BCUT2D eigenvalue weighted by Gasteiger charge is 2.38. The highest BCUT2D eigenvalue weighted by atomic mass is 16.5. The van der Waals surface area contributed by atoms with Crippen LogP contribution in [0.2, 0.25) is 0 Å². The Morgan fingerprint density at radius 3 is 2.62 bits per heavy atom. The van der Waals surface area contributed by atoms with E-state index in [1.54, 1.807) is 0 Å². The van der Waals surface area contributed by atoms with Crippen LogP contribution in [0, 0.1) is 5.92 Å². The molecule has 1 saturated carbocycles. The van der Waals surface area contributed by atoms with Crippen LogP contribution in [0.1, 0.15) is 89.5 Å². The van der Waals surface area contributed by atoms with E-state index in [4.69, 9.17) is 4.74 Å². The lowest BCUT2D eigenvalue weighted by molar-refractivity contribution is -0.121. The molecular weight excluding hydrogens is 322 g/mol. The van der Waals surface area contributed by atoms with Crippen molar-refractivity contribution in [1.82, 2.24) is 5.32 Å². The fourth-order valence-electron chi connectivity index (χ4n) is 3.53. The zero-order valence-corrected chi connectivity index (χ0v) is 16.8. The summed E-state index contributed by atoms with van der Waals surface area (Å²) in [6.07, 6.45) is 11.9. The van der Waals surface area contributed by atoms with Gasteiger partial charge in [0.25, 0.3) is 0 Å². The number of amides is 1. The lowest BCUT2D eigenvalue weighted by Crippen LogP contribution is -2.25. The number of benzene rings is 1. The van der Waals surface area contributed by atoms with Crippen molar-refractivity contribution in [3.63, 3.8) is 0 Å². The number of nitrogens with one attached hydrogen (secondary N) is 1. The van der Waals surface area contributed by atoms with Gasteiger partial charge in [0.05, 0.1) is 6.61 Å². The molecule has 26 heavy (non-hydrogen) atoms. The Hall–Kier alpha value is -1.51. The molecule has 2 atom stereocenters. The van der Waals surface area contributed by atoms with E-state index >= 15 is 0 Å². The first kappa shape index (κ1) is 20.8. The van der Waals surface area contributed by atoms with Crippen LogP contribution < -0.4 is 10.1 Å². The number of hydrogen-bond acceptors (Lipinski definition) is 2. The molecule has 0 bridgehead atoms. The van der Waals surface area contributed by atoms with Gasteiger partial charge in [-0.05, 0) is 48.8 Å². The van der Waals surface area contributed by atoms with Crippen LogP contribution in [0.15, 0.2) is 24.3 Å². The summed E-state index contributed by atoms with van der Waals surface area (Å²) >= 11 is 0. The van der Waals surface area contributed by atoms with E-state index in [2.05, 4.69) is 36.5 Å². The highest BCUT2D eigenvalue weighted by molar-refractivity contribution is 5.75. The number of carbonyl (C=O) groups is 1. The van der Waals surface area contributed by atoms with Gasteiger partial charge in [0, 0.05) is 13.0 Å². The highest BCUT2D eigenvalue weighted by Crippen LogP contribution is 2.47. The molecule has 3 heteroatoms. The molecule has 1 N–H and O–H groups in total. The summed E-state index contributed by atoms with van der Waals surface area (Å²) < 4.78 is 5.95. The van der Waals surface area contributed by atoms with E-state index in [1.807, 2.05) is 6.92 Å². The normalized spacial score (nSPS) is 18.5. The molecule has 1 aromatic carbocycles. The third kappa shape index (κ3) is 7.80. The fraction of sp³-hybridized carbons (Fsp3) is 0.696. The van der Waals surface area contributed by atoms with E-state index in [0.29, 0.717) is 18.3 Å². The third-order valence-electron chi connectivity index (χ3n) is 5.26. The zero-order valence-electron chi connectivity index (χ0n) is 16.8. The molecule has 1 aromatic rings. The monoisotopic (exact) mass is 359 g/mol.